The molecule has 0 bridgehead atoms. The van der Waals surface area contributed by atoms with E-state index in [2.05, 4.69) is 4.98 Å². The molecule has 0 saturated carbocycles. The van der Waals surface area contributed by atoms with Gasteiger partial charge in [-0.25, -0.2) is 9.78 Å². The zero-order chi connectivity index (χ0) is 27.8. The van der Waals surface area contributed by atoms with Crippen LogP contribution in [0.2, 0.25) is 0 Å². The first-order valence-electron chi connectivity index (χ1n) is 11.7. The van der Waals surface area contributed by atoms with Gasteiger partial charge >= 0.3 is 19.7 Å². The molecule has 2 atom stereocenters. The Balaban J connectivity index is 1.67. The SMILES string of the molecule is CCOP(=O)(OCC)C(OC(=O)C(C)Oc1ccc(Oc2ccc(C(F)(F)F)cn2)cc1)c1ccccc1. The molecule has 0 radical (unpaired) electrons. The van der Waals surface area contributed by atoms with Crippen LogP contribution in [0.15, 0.2) is 72.9 Å². The highest BCUT2D eigenvalue weighted by Gasteiger charge is 2.41. The lowest BCUT2D eigenvalue weighted by Gasteiger charge is -2.27. The molecular formula is C26H27F3NO7P. The van der Waals surface area contributed by atoms with Crippen molar-refractivity contribution in [3.05, 3.63) is 84.1 Å². The minimum absolute atomic E-state index is 0.0244. The fraction of sp³-hybridized carbons (Fsp3) is 0.308. The number of rotatable bonds is 12. The first-order chi connectivity index (χ1) is 18.1. The van der Waals surface area contributed by atoms with Gasteiger partial charge in [-0.2, -0.15) is 13.2 Å². The molecule has 1 heterocycles. The lowest BCUT2D eigenvalue weighted by Crippen LogP contribution is -2.28. The molecule has 38 heavy (non-hydrogen) atoms. The Hall–Kier alpha value is -3.40. The normalized spacial score (nSPS) is 13.4. The summed E-state index contributed by atoms with van der Waals surface area (Å²) < 4.78 is 79.0. The number of hydrogen-bond acceptors (Lipinski definition) is 8. The molecule has 12 heteroatoms. The highest BCUT2D eigenvalue weighted by atomic mass is 31.2. The molecule has 0 N–H and O–H groups in total. The maximum Gasteiger partial charge on any atom is 0.417 e. The quantitative estimate of drug-likeness (QED) is 0.172. The van der Waals surface area contributed by atoms with E-state index >= 15 is 0 Å². The van der Waals surface area contributed by atoms with Gasteiger partial charge in [-0.05, 0) is 51.1 Å². The Morgan fingerprint density at radius 1 is 0.921 bits per heavy atom. The Labute approximate surface area is 218 Å². The molecule has 0 spiro atoms. The monoisotopic (exact) mass is 553 g/mol. The second-order valence-corrected chi connectivity index (χ2v) is 9.86. The van der Waals surface area contributed by atoms with Gasteiger partial charge in [-0.1, -0.05) is 30.3 Å². The maximum atomic E-state index is 13.4. The third kappa shape index (κ3) is 7.80. The summed E-state index contributed by atoms with van der Waals surface area (Å²) in [5.41, 5.74) is -0.445. The Bertz CT molecular complexity index is 1210. The number of benzene rings is 2. The van der Waals surface area contributed by atoms with Crippen LogP contribution in [0.5, 0.6) is 17.4 Å². The van der Waals surface area contributed by atoms with Crippen molar-refractivity contribution >= 4 is 13.6 Å². The summed E-state index contributed by atoms with van der Waals surface area (Å²) in [5.74, 6) is -1.54. The fourth-order valence-electron chi connectivity index (χ4n) is 3.24. The van der Waals surface area contributed by atoms with Crippen molar-refractivity contribution in [1.82, 2.24) is 4.98 Å². The van der Waals surface area contributed by atoms with Crippen LogP contribution in [0.3, 0.4) is 0 Å². The number of halogens is 3. The summed E-state index contributed by atoms with van der Waals surface area (Å²) in [6, 6.07) is 16.5. The van der Waals surface area contributed by atoms with Gasteiger partial charge in [0.1, 0.15) is 11.5 Å². The van der Waals surface area contributed by atoms with Crippen molar-refractivity contribution in [2.75, 3.05) is 13.2 Å². The number of ether oxygens (including phenoxy) is 3. The minimum Gasteiger partial charge on any atom is -0.479 e. The number of hydrogen-bond donors (Lipinski definition) is 0. The minimum atomic E-state index is -4.49. The number of carbonyl (C=O) groups excluding carboxylic acids is 1. The topological polar surface area (TPSA) is 93.2 Å². The highest BCUT2D eigenvalue weighted by molar-refractivity contribution is 7.54. The van der Waals surface area contributed by atoms with Gasteiger partial charge in [-0.3, -0.25) is 4.57 Å². The van der Waals surface area contributed by atoms with E-state index in [1.807, 2.05) is 0 Å². The smallest absolute Gasteiger partial charge is 0.417 e. The second-order valence-electron chi connectivity index (χ2n) is 7.79. The van der Waals surface area contributed by atoms with Gasteiger partial charge in [-0.15, -0.1) is 0 Å². The molecular weight excluding hydrogens is 526 g/mol. The standard InChI is InChI=1S/C26H27F3NO7P/c1-4-33-38(32,34-5-2)25(19-9-7-6-8-10-19)37-24(31)18(3)35-21-12-14-22(15-13-21)36-23-16-11-20(17-30-23)26(27,28)29/h6-18,25H,4-5H2,1-3H3. The molecule has 3 aromatic rings. The number of alkyl halides is 3. The molecule has 204 valence electrons. The van der Waals surface area contributed by atoms with Crippen LogP contribution in [-0.4, -0.2) is 30.3 Å². The van der Waals surface area contributed by atoms with Gasteiger partial charge in [0.2, 0.25) is 11.7 Å². The lowest BCUT2D eigenvalue weighted by atomic mass is 10.2. The van der Waals surface area contributed by atoms with Crippen LogP contribution in [0.4, 0.5) is 13.2 Å². The van der Waals surface area contributed by atoms with Crippen LogP contribution in [-0.2, 0) is 29.3 Å². The predicted octanol–water partition coefficient (Wildman–Crippen LogP) is 7.17. The summed E-state index contributed by atoms with van der Waals surface area (Å²) in [5, 5.41) is 0. The number of esters is 1. The van der Waals surface area contributed by atoms with E-state index in [9.17, 15) is 22.5 Å². The van der Waals surface area contributed by atoms with Crippen LogP contribution in [0.1, 0.15) is 37.7 Å². The largest absolute Gasteiger partial charge is 0.479 e. The van der Waals surface area contributed by atoms with Crippen molar-refractivity contribution in [3.63, 3.8) is 0 Å². The first kappa shape index (κ1) is 29.2. The van der Waals surface area contributed by atoms with E-state index in [1.54, 1.807) is 44.2 Å². The lowest BCUT2D eigenvalue weighted by molar-refractivity contribution is -0.154. The Morgan fingerprint density at radius 2 is 1.53 bits per heavy atom. The molecule has 0 saturated heterocycles. The van der Waals surface area contributed by atoms with E-state index in [0.29, 0.717) is 17.5 Å². The number of nitrogens with zero attached hydrogens (tertiary/aromatic N) is 1. The van der Waals surface area contributed by atoms with Gasteiger partial charge in [0.05, 0.1) is 18.8 Å². The molecule has 0 aliphatic rings. The van der Waals surface area contributed by atoms with Crippen molar-refractivity contribution in [3.8, 4) is 17.4 Å². The third-order valence-electron chi connectivity index (χ3n) is 4.97. The molecule has 0 amide bonds. The van der Waals surface area contributed by atoms with Crippen molar-refractivity contribution in [1.29, 1.82) is 0 Å². The molecule has 0 aliphatic carbocycles. The van der Waals surface area contributed by atoms with Gasteiger partial charge in [0.15, 0.2) is 6.10 Å². The van der Waals surface area contributed by atoms with Crippen molar-refractivity contribution in [2.24, 2.45) is 0 Å². The summed E-state index contributed by atoms with van der Waals surface area (Å²) in [7, 11) is -3.86. The number of pyridine rings is 1. The second kappa shape index (κ2) is 12.9. The zero-order valence-electron chi connectivity index (χ0n) is 20.9. The average Bonchev–Trinajstić information content (AvgIpc) is 2.89. The number of carbonyl (C=O) groups is 1. The molecule has 0 fully saturated rings. The maximum absolute atomic E-state index is 13.4. The van der Waals surface area contributed by atoms with Crippen molar-refractivity contribution < 1.29 is 45.8 Å². The predicted molar refractivity (Wildman–Crippen MR) is 132 cm³/mol. The highest BCUT2D eigenvalue weighted by Crippen LogP contribution is 2.61. The van der Waals surface area contributed by atoms with Crippen molar-refractivity contribution in [2.45, 2.75) is 38.9 Å². The third-order valence-corrected chi connectivity index (χ3v) is 7.19. The molecule has 3 rings (SSSR count). The zero-order valence-corrected chi connectivity index (χ0v) is 21.8. The summed E-state index contributed by atoms with van der Waals surface area (Å²) >= 11 is 0. The summed E-state index contributed by atoms with van der Waals surface area (Å²) in [4.78, 5) is 16.6. The van der Waals surface area contributed by atoms with Crippen LogP contribution in [0.25, 0.3) is 0 Å². The Kier molecular flexibility index (Phi) is 9.90. The van der Waals surface area contributed by atoms with Crippen LogP contribution < -0.4 is 9.47 Å². The molecule has 2 aromatic carbocycles. The molecule has 2 unspecified atom stereocenters. The van der Waals surface area contributed by atoms with Gasteiger partial charge in [0.25, 0.3) is 0 Å². The number of aromatic nitrogens is 1. The fourth-order valence-corrected chi connectivity index (χ4v) is 5.07. The summed E-state index contributed by atoms with van der Waals surface area (Å²) in [6.07, 6.45) is -4.91. The summed E-state index contributed by atoms with van der Waals surface area (Å²) in [6.45, 7) is 4.94. The Morgan fingerprint density at radius 3 is 2.05 bits per heavy atom. The van der Waals surface area contributed by atoms with E-state index in [1.165, 1.54) is 31.2 Å². The average molecular weight is 553 g/mol. The van der Waals surface area contributed by atoms with Crippen LogP contribution >= 0.6 is 7.60 Å². The first-order valence-corrected chi connectivity index (χ1v) is 13.3. The molecule has 0 aliphatic heterocycles. The van der Waals surface area contributed by atoms with E-state index < -0.39 is 37.3 Å². The van der Waals surface area contributed by atoms with Crippen LogP contribution in [0, 0.1) is 0 Å². The van der Waals surface area contributed by atoms with E-state index in [-0.39, 0.29) is 24.8 Å². The van der Waals surface area contributed by atoms with E-state index in [0.717, 1.165) is 12.1 Å². The molecule has 1 aromatic heterocycles. The molecule has 8 nitrogen and oxygen atoms in total. The van der Waals surface area contributed by atoms with Gasteiger partial charge < -0.3 is 23.3 Å². The van der Waals surface area contributed by atoms with Gasteiger partial charge in [0, 0.05) is 17.8 Å². The van der Waals surface area contributed by atoms with E-state index in [4.69, 9.17) is 23.3 Å².